The smallest absolute Gasteiger partial charge is 0.259 e. The number of carbonyl (C=O) groups is 1. The molecule has 5 N–H and O–H groups in total. The van der Waals surface area contributed by atoms with Crippen LogP contribution >= 0.6 is 0 Å². The predicted octanol–water partition coefficient (Wildman–Crippen LogP) is 5.73. The number of aromatic amines is 1. The second kappa shape index (κ2) is 10.8. The summed E-state index contributed by atoms with van der Waals surface area (Å²) >= 11 is 0. The molecule has 1 amide bonds. The van der Waals surface area contributed by atoms with Gasteiger partial charge in [0.25, 0.3) is 5.91 Å². The third kappa shape index (κ3) is 5.92. The number of nitrogens with one attached hydrogen (secondary N) is 4. The normalized spacial score (nSPS) is 13.9. The SMILES string of the molecule is Cc1n[nH]c(C)c1C(=O)Nc1ccc(Nc2ccc(Nc3ccc(N4CCC(O)CC4)cc3)cc2)cc1. The quantitative estimate of drug-likeness (QED) is 0.224. The molecule has 8 heteroatoms. The second-order valence-corrected chi connectivity index (χ2v) is 9.43. The molecule has 0 unspecified atom stereocenters. The van der Waals surface area contributed by atoms with Gasteiger partial charge in [-0.15, -0.1) is 0 Å². The summed E-state index contributed by atoms with van der Waals surface area (Å²) in [6.07, 6.45) is 1.49. The first-order chi connectivity index (χ1) is 17.9. The number of aryl methyl sites for hydroxylation is 2. The highest BCUT2D eigenvalue weighted by Crippen LogP contribution is 2.26. The molecule has 2 heterocycles. The van der Waals surface area contributed by atoms with Gasteiger partial charge in [-0.1, -0.05) is 0 Å². The highest BCUT2D eigenvalue weighted by molar-refractivity contribution is 6.05. The molecule has 0 atom stereocenters. The molecule has 37 heavy (non-hydrogen) atoms. The molecule has 1 saturated heterocycles. The number of aliphatic hydroxyl groups is 1. The van der Waals surface area contributed by atoms with E-state index < -0.39 is 0 Å². The number of benzene rings is 3. The molecule has 0 spiro atoms. The van der Waals surface area contributed by atoms with E-state index >= 15 is 0 Å². The van der Waals surface area contributed by atoms with Crippen LogP contribution in [0, 0.1) is 13.8 Å². The van der Waals surface area contributed by atoms with Gasteiger partial charge in [-0.05, 0) is 99.5 Å². The van der Waals surface area contributed by atoms with Crippen molar-refractivity contribution in [1.82, 2.24) is 10.2 Å². The number of amides is 1. The molecule has 5 rings (SSSR count). The van der Waals surface area contributed by atoms with Crippen LogP contribution in [-0.2, 0) is 0 Å². The summed E-state index contributed by atoms with van der Waals surface area (Å²) in [5.41, 5.74) is 7.85. The number of anilines is 6. The predicted molar refractivity (Wildman–Crippen MR) is 149 cm³/mol. The minimum atomic E-state index is -0.173. The minimum Gasteiger partial charge on any atom is -0.393 e. The van der Waals surface area contributed by atoms with Gasteiger partial charge in [-0.25, -0.2) is 0 Å². The van der Waals surface area contributed by atoms with Crippen LogP contribution < -0.4 is 20.9 Å². The van der Waals surface area contributed by atoms with Crippen molar-refractivity contribution < 1.29 is 9.90 Å². The van der Waals surface area contributed by atoms with Crippen molar-refractivity contribution in [3.05, 3.63) is 89.7 Å². The van der Waals surface area contributed by atoms with E-state index in [1.807, 2.05) is 62.4 Å². The Morgan fingerprint density at radius 1 is 0.811 bits per heavy atom. The zero-order chi connectivity index (χ0) is 25.8. The summed E-state index contributed by atoms with van der Waals surface area (Å²) in [6.45, 7) is 5.43. The topological polar surface area (TPSA) is 105 Å². The molecule has 4 aromatic rings. The maximum atomic E-state index is 12.6. The average molecular weight is 497 g/mol. The van der Waals surface area contributed by atoms with Crippen LogP contribution in [0.5, 0.6) is 0 Å². The average Bonchev–Trinajstić information content (AvgIpc) is 3.25. The van der Waals surface area contributed by atoms with E-state index in [-0.39, 0.29) is 12.0 Å². The van der Waals surface area contributed by atoms with Crippen LogP contribution in [0.15, 0.2) is 72.8 Å². The maximum absolute atomic E-state index is 12.6. The van der Waals surface area contributed by atoms with E-state index in [4.69, 9.17) is 0 Å². The Morgan fingerprint density at radius 2 is 1.27 bits per heavy atom. The Kier molecular flexibility index (Phi) is 7.09. The number of carbonyl (C=O) groups excluding carboxylic acids is 1. The van der Waals surface area contributed by atoms with E-state index in [0.717, 1.165) is 60.1 Å². The van der Waals surface area contributed by atoms with Crippen molar-refractivity contribution in [3.63, 3.8) is 0 Å². The lowest BCUT2D eigenvalue weighted by Gasteiger charge is -2.31. The van der Waals surface area contributed by atoms with E-state index in [0.29, 0.717) is 11.3 Å². The van der Waals surface area contributed by atoms with E-state index in [9.17, 15) is 9.90 Å². The summed E-state index contributed by atoms with van der Waals surface area (Å²) in [5, 5.41) is 26.4. The van der Waals surface area contributed by atoms with Crippen LogP contribution in [-0.4, -0.2) is 40.4 Å². The minimum absolute atomic E-state index is 0.163. The van der Waals surface area contributed by atoms with Crippen LogP contribution in [0.4, 0.5) is 34.1 Å². The third-order valence-electron chi connectivity index (χ3n) is 6.66. The summed E-state index contributed by atoms with van der Waals surface area (Å²) in [6, 6.07) is 24.1. The van der Waals surface area contributed by atoms with Crippen LogP contribution in [0.3, 0.4) is 0 Å². The molecule has 1 aliphatic heterocycles. The van der Waals surface area contributed by atoms with E-state index in [1.54, 1.807) is 0 Å². The molecular formula is C29H32N6O2. The fraction of sp³-hybridized carbons (Fsp3) is 0.241. The number of nitrogens with zero attached hydrogens (tertiary/aromatic N) is 2. The second-order valence-electron chi connectivity index (χ2n) is 9.43. The first kappa shape index (κ1) is 24.4. The Labute approximate surface area is 216 Å². The number of H-pyrrole nitrogens is 1. The van der Waals surface area contributed by atoms with Gasteiger partial charge >= 0.3 is 0 Å². The van der Waals surface area contributed by atoms with Crippen molar-refractivity contribution >= 4 is 40.0 Å². The lowest BCUT2D eigenvalue weighted by atomic mass is 10.1. The molecule has 0 bridgehead atoms. The molecule has 8 nitrogen and oxygen atoms in total. The van der Waals surface area contributed by atoms with Gasteiger partial charge in [0.05, 0.1) is 17.4 Å². The molecule has 0 radical (unpaired) electrons. The Bertz CT molecular complexity index is 1320. The Balaban J connectivity index is 1.14. The molecule has 0 saturated carbocycles. The third-order valence-corrected chi connectivity index (χ3v) is 6.66. The van der Waals surface area contributed by atoms with Gasteiger partial charge in [0.15, 0.2) is 0 Å². The molecule has 0 aliphatic carbocycles. The first-order valence-corrected chi connectivity index (χ1v) is 12.5. The number of hydrogen-bond acceptors (Lipinski definition) is 6. The number of aromatic nitrogens is 2. The summed E-state index contributed by atoms with van der Waals surface area (Å²) in [7, 11) is 0. The summed E-state index contributed by atoms with van der Waals surface area (Å²) < 4.78 is 0. The first-order valence-electron chi connectivity index (χ1n) is 12.5. The van der Waals surface area contributed by atoms with Gasteiger partial charge in [0.1, 0.15) is 0 Å². The Morgan fingerprint density at radius 3 is 1.73 bits per heavy atom. The van der Waals surface area contributed by atoms with Crippen LogP contribution in [0.1, 0.15) is 34.6 Å². The monoisotopic (exact) mass is 496 g/mol. The van der Waals surface area contributed by atoms with Crippen molar-refractivity contribution in [3.8, 4) is 0 Å². The molecular weight excluding hydrogens is 464 g/mol. The Hall–Kier alpha value is -4.30. The largest absolute Gasteiger partial charge is 0.393 e. The zero-order valence-electron chi connectivity index (χ0n) is 21.1. The van der Waals surface area contributed by atoms with E-state index in [1.165, 1.54) is 5.69 Å². The molecule has 1 aromatic heterocycles. The van der Waals surface area contributed by atoms with Crippen molar-refractivity contribution in [2.24, 2.45) is 0 Å². The molecule has 1 fully saturated rings. The fourth-order valence-electron chi connectivity index (χ4n) is 4.57. The standard InChI is InChI=1S/C29H32N6O2/c1-19-28(20(2)34-33-19)29(37)32-25-9-7-23(8-10-25)30-21-3-5-22(6-4-21)31-24-11-13-26(14-12-24)35-17-15-27(36)16-18-35/h3-14,27,30-31,36H,15-18H2,1-2H3,(H,32,37)(H,33,34). The lowest BCUT2D eigenvalue weighted by Crippen LogP contribution is -2.35. The van der Waals surface area contributed by atoms with Gasteiger partial charge in [0.2, 0.25) is 0 Å². The maximum Gasteiger partial charge on any atom is 0.259 e. The van der Waals surface area contributed by atoms with Crippen LogP contribution in [0.2, 0.25) is 0 Å². The van der Waals surface area contributed by atoms with Gasteiger partial charge in [-0.2, -0.15) is 5.10 Å². The van der Waals surface area contributed by atoms with E-state index in [2.05, 4.69) is 55.3 Å². The number of rotatable bonds is 7. The zero-order valence-corrected chi connectivity index (χ0v) is 21.1. The molecule has 190 valence electrons. The highest BCUT2D eigenvalue weighted by atomic mass is 16.3. The van der Waals surface area contributed by atoms with Crippen LogP contribution in [0.25, 0.3) is 0 Å². The van der Waals surface area contributed by atoms with Crippen molar-refractivity contribution in [2.45, 2.75) is 32.8 Å². The van der Waals surface area contributed by atoms with Crippen molar-refractivity contribution in [1.29, 1.82) is 0 Å². The molecule has 3 aromatic carbocycles. The molecule has 1 aliphatic rings. The number of aliphatic hydroxyl groups excluding tert-OH is 1. The van der Waals surface area contributed by atoms with Gasteiger partial charge in [0, 0.05) is 52.9 Å². The van der Waals surface area contributed by atoms with Gasteiger partial charge < -0.3 is 26.0 Å². The lowest BCUT2D eigenvalue weighted by molar-refractivity contribution is 0.102. The highest BCUT2D eigenvalue weighted by Gasteiger charge is 2.17. The fourth-order valence-corrected chi connectivity index (χ4v) is 4.57. The summed E-state index contributed by atoms with van der Waals surface area (Å²) in [4.78, 5) is 14.9. The number of piperidine rings is 1. The van der Waals surface area contributed by atoms with Gasteiger partial charge in [-0.3, -0.25) is 9.89 Å². The summed E-state index contributed by atoms with van der Waals surface area (Å²) in [5.74, 6) is -0.173. The van der Waals surface area contributed by atoms with Crippen molar-refractivity contribution in [2.75, 3.05) is 33.9 Å². The number of hydrogen-bond donors (Lipinski definition) is 5.